The van der Waals surface area contributed by atoms with Gasteiger partial charge in [-0.1, -0.05) is 28.1 Å². The van der Waals surface area contributed by atoms with Gasteiger partial charge in [-0.25, -0.2) is 10.9 Å². The molecule has 0 atom stereocenters. The molecule has 0 bridgehead atoms. The highest BCUT2D eigenvalue weighted by Gasteiger charge is 2.07. The Hall–Kier alpha value is -2.49. The van der Waals surface area contributed by atoms with Crippen LogP contribution >= 0.6 is 31.9 Å². The van der Waals surface area contributed by atoms with Crippen LogP contribution in [0.5, 0.6) is 5.75 Å². The lowest BCUT2D eigenvalue weighted by Gasteiger charge is -2.04. The SMILES string of the molecule is O=C(C=Cc1cccc(C(=O)NN=Cc2cc(Br)cc(Br)c2O)c1)NO. The molecule has 134 valence electrons. The number of aromatic hydroxyl groups is 1. The van der Waals surface area contributed by atoms with E-state index in [-0.39, 0.29) is 5.75 Å². The standard InChI is InChI=1S/C17H13Br2N3O4/c18-13-7-12(16(24)14(19)8-13)9-20-21-17(25)11-3-1-2-10(6-11)4-5-15(23)22-26/h1-9,24,26H,(H,21,25)(H,22,23). The minimum atomic E-state index is -0.676. The number of nitrogens with one attached hydrogen (secondary N) is 2. The largest absolute Gasteiger partial charge is 0.506 e. The Morgan fingerprint density at radius 2 is 1.92 bits per heavy atom. The van der Waals surface area contributed by atoms with Gasteiger partial charge in [-0.05, 0) is 51.8 Å². The summed E-state index contributed by atoms with van der Waals surface area (Å²) in [5.74, 6) is -1.14. The molecule has 0 unspecified atom stereocenters. The molecular formula is C17H13Br2N3O4. The van der Waals surface area contributed by atoms with Gasteiger partial charge in [0.2, 0.25) is 0 Å². The van der Waals surface area contributed by atoms with Crippen LogP contribution in [0.15, 0.2) is 56.5 Å². The first-order valence-corrected chi connectivity index (χ1v) is 8.73. The number of carbonyl (C=O) groups is 2. The highest BCUT2D eigenvalue weighted by atomic mass is 79.9. The topological polar surface area (TPSA) is 111 Å². The van der Waals surface area contributed by atoms with Gasteiger partial charge in [0.05, 0.1) is 10.7 Å². The molecule has 0 aliphatic rings. The highest BCUT2D eigenvalue weighted by Crippen LogP contribution is 2.30. The second-order valence-electron chi connectivity index (χ2n) is 4.96. The van der Waals surface area contributed by atoms with Crippen LogP contribution in [-0.4, -0.2) is 28.3 Å². The van der Waals surface area contributed by atoms with E-state index in [1.54, 1.807) is 36.4 Å². The molecular weight excluding hydrogens is 470 g/mol. The van der Waals surface area contributed by atoms with E-state index in [4.69, 9.17) is 5.21 Å². The van der Waals surface area contributed by atoms with Crippen molar-refractivity contribution in [2.75, 3.05) is 0 Å². The Morgan fingerprint density at radius 1 is 1.15 bits per heavy atom. The number of nitrogens with zero attached hydrogens (tertiary/aromatic N) is 1. The average molecular weight is 483 g/mol. The second kappa shape index (κ2) is 9.27. The molecule has 2 rings (SSSR count). The van der Waals surface area contributed by atoms with Crippen molar-refractivity contribution in [3.8, 4) is 5.75 Å². The highest BCUT2D eigenvalue weighted by molar-refractivity contribution is 9.11. The number of rotatable bonds is 5. The van der Waals surface area contributed by atoms with E-state index in [1.165, 1.54) is 17.8 Å². The molecule has 2 aromatic carbocycles. The monoisotopic (exact) mass is 481 g/mol. The first kappa shape index (κ1) is 19.8. The molecule has 0 heterocycles. The summed E-state index contributed by atoms with van der Waals surface area (Å²) in [6, 6.07) is 9.81. The number of carbonyl (C=O) groups excluding carboxylic acids is 2. The van der Waals surface area contributed by atoms with Crippen LogP contribution in [0.1, 0.15) is 21.5 Å². The molecule has 7 nitrogen and oxygen atoms in total. The molecule has 0 spiro atoms. The zero-order chi connectivity index (χ0) is 19.1. The van der Waals surface area contributed by atoms with Crippen molar-refractivity contribution in [1.29, 1.82) is 0 Å². The van der Waals surface area contributed by atoms with Gasteiger partial charge in [0.1, 0.15) is 5.75 Å². The number of amides is 2. The zero-order valence-electron chi connectivity index (χ0n) is 13.1. The van der Waals surface area contributed by atoms with Crippen LogP contribution in [0.3, 0.4) is 0 Å². The van der Waals surface area contributed by atoms with Crippen LogP contribution in [0.2, 0.25) is 0 Å². The molecule has 2 amide bonds. The Labute approximate surface area is 165 Å². The number of phenols is 1. The summed E-state index contributed by atoms with van der Waals surface area (Å²) in [5.41, 5.74) is 5.18. The predicted octanol–water partition coefficient (Wildman–Crippen LogP) is 3.20. The van der Waals surface area contributed by atoms with E-state index >= 15 is 0 Å². The van der Waals surface area contributed by atoms with Gasteiger partial charge in [0.25, 0.3) is 11.8 Å². The molecule has 0 saturated carbocycles. The Morgan fingerprint density at radius 3 is 2.65 bits per heavy atom. The van der Waals surface area contributed by atoms with E-state index < -0.39 is 11.8 Å². The summed E-state index contributed by atoms with van der Waals surface area (Å²) < 4.78 is 1.23. The van der Waals surface area contributed by atoms with Gasteiger partial charge >= 0.3 is 0 Å². The van der Waals surface area contributed by atoms with Gasteiger partial charge in [-0.2, -0.15) is 5.10 Å². The lowest BCUT2D eigenvalue weighted by molar-refractivity contribution is -0.124. The molecule has 4 N–H and O–H groups in total. The first-order chi connectivity index (χ1) is 12.4. The number of hydrogen-bond acceptors (Lipinski definition) is 5. The number of hydrogen-bond donors (Lipinski definition) is 4. The molecule has 0 aromatic heterocycles. The van der Waals surface area contributed by atoms with E-state index in [9.17, 15) is 14.7 Å². The van der Waals surface area contributed by atoms with Crippen molar-refractivity contribution in [1.82, 2.24) is 10.9 Å². The Bertz CT molecular complexity index is 898. The third-order valence-electron chi connectivity index (χ3n) is 3.11. The summed E-state index contributed by atoms with van der Waals surface area (Å²) in [7, 11) is 0. The van der Waals surface area contributed by atoms with Gasteiger partial charge in [0, 0.05) is 21.7 Å². The number of hydroxylamine groups is 1. The summed E-state index contributed by atoms with van der Waals surface area (Å²) in [5, 5.41) is 22.2. The molecule has 0 fully saturated rings. The second-order valence-corrected chi connectivity index (χ2v) is 6.73. The zero-order valence-corrected chi connectivity index (χ0v) is 16.3. The van der Waals surface area contributed by atoms with Gasteiger partial charge in [-0.15, -0.1) is 0 Å². The molecule has 2 aromatic rings. The molecule has 0 radical (unpaired) electrons. The van der Waals surface area contributed by atoms with Crippen molar-refractivity contribution in [3.63, 3.8) is 0 Å². The van der Waals surface area contributed by atoms with Crippen LogP contribution in [0.25, 0.3) is 6.08 Å². The van der Waals surface area contributed by atoms with Crippen LogP contribution in [0.4, 0.5) is 0 Å². The Kier molecular flexibility index (Phi) is 7.07. The number of hydrazone groups is 1. The van der Waals surface area contributed by atoms with Crippen molar-refractivity contribution >= 4 is 56.0 Å². The smallest absolute Gasteiger partial charge is 0.271 e. The van der Waals surface area contributed by atoms with Gasteiger partial charge < -0.3 is 5.11 Å². The maximum absolute atomic E-state index is 12.2. The van der Waals surface area contributed by atoms with Crippen molar-refractivity contribution < 1.29 is 19.9 Å². The minimum absolute atomic E-state index is 0.000457. The lowest BCUT2D eigenvalue weighted by Crippen LogP contribution is -2.17. The fraction of sp³-hybridized carbons (Fsp3) is 0. The molecule has 26 heavy (non-hydrogen) atoms. The van der Waals surface area contributed by atoms with Crippen LogP contribution in [0, 0.1) is 0 Å². The quantitative estimate of drug-likeness (QED) is 0.227. The molecule has 0 aliphatic carbocycles. The van der Waals surface area contributed by atoms with E-state index in [1.807, 2.05) is 0 Å². The maximum atomic E-state index is 12.2. The summed E-state index contributed by atoms with van der Waals surface area (Å²) in [4.78, 5) is 23.1. The Balaban J connectivity index is 2.09. The van der Waals surface area contributed by atoms with E-state index in [2.05, 4.69) is 42.4 Å². The molecule has 0 saturated heterocycles. The first-order valence-electron chi connectivity index (χ1n) is 7.14. The van der Waals surface area contributed by atoms with E-state index in [0.717, 1.165) is 10.5 Å². The normalized spacial score (nSPS) is 11.0. The third-order valence-corrected chi connectivity index (χ3v) is 4.18. The van der Waals surface area contributed by atoms with Gasteiger partial charge in [0.15, 0.2) is 0 Å². The predicted molar refractivity (Wildman–Crippen MR) is 104 cm³/mol. The lowest BCUT2D eigenvalue weighted by atomic mass is 10.1. The third kappa shape index (κ3) is 5.51. The number of phenolic OH excluding ortho intramolecular Hbond substituents is 1. The van der Waals surface area contributed by atoms with Gasteiger partial charge in [-0.3, -0.25) is 14.8 Å². The van der Waals surface area contributed by atoms with Crippen LogP contribution < -0.4 is 10.9 Å². The average Bonchev–Trinajstić information content (AvgIpc) is 2.63. The molecule has 0 aliphatic heterocycles. The van der Waals surface area contributed by atoms with Crippen LogP contribution in [-0.2, 0) is 4.79 Å². The number of benzene rings is 2. The van der Waals surface area contributed by atoms with Crippen molar-refractivity contribution in [2.45, 2.75) is 0 Å². The van der Waals surface area contributed by atoms with E-state index in [0.29, 0.717) is 21.2 Å². The fourth-order valence-corrected chi connectivity index (χ4v) is 3.16. The molecule has 9 heteroatoms. The summed E-state index contributed by atoms with van der Waals surface area (Å²) >= 11 is 6.51. The van der Waals surface area contributed by atoms with Crippen molar-refractivity contribution in [2.24, 2.45) is 5.10 Å². The van der Waals surface area contributed by atoms with Crippen molar-refractivity contribution in [3.05, 3.63) is 68.1 Å². The summed E-state index contributed by atoms with van der Waals surface area (Å²) in [6.07, 6.45) is 3.89. The fourth-order valence-electron chi connectivity index (χ4n) is 1.90. The number of halogens is 2. The maximum Gasteiger partial charge on any atom is 0.271 e. The minimum Gasteiger partial charge on any atom is -0.506 e. The summed E-state index contributed by atoms with van der Waals surface area (Å²) in [6.45, 7) is 0.